The van der Waals surface area contributed by atoms with Crippen LogP contribution >= 0.6 is 0 Å². The SMILES string of the molecule is COc1ccccc1C(CNC(=O)/C=C/c1ccncc1)N1CCCC1. The molecule has 1 atom stereocenters. The van der Waals surface area contributed by atoms with Gasteiger partial charge in [-0.05, 0) is 55.8 Å². The van der Waals surface area contributed by atoms with Crippen molar-refractivity contribution in [2.45, 2.75) is 18.9 Å². The molecule has 0 spiro atoms. The molecule has 2 heterocycles. The van der Waals surface area contributed by atoms with Crippen LogP contribution in [0.2, 0.25) is 0 Å². The minimum atomic E-state index is -0.0964. The second kappa shape index (κ2) is 9.15. The van der Waals surface area contributed by atoms with Crippen molar-refractivity contribution < 1.29 is 9.53 Å². The van der Waals surface area contributed by atoms with Crippen LogP contribution in [0.3, 0.4) is 0 Å². The average molecular weight is 351 g/mol. The maximum absolute atomic E-state index is 12.3. The van der Waals surface area contributed by atoms with Gasteiger partial charge in [0, 0.05) is 30.6 Å². The molecule has 5 nitrogen and oxygen atoms in total. The van der Waals surface area contributed by atoms with Gasteiger partial charge in [-0.1, -0.05) is 18.2 Å². The van der Waals surface area contributed by atoms with E-state index in [-0.39, 0.29) is 11.9 Å². The summed E-state index contributed by atoms with van der Waals surface area (Å²) in [5, 5.41) is 3.04. The molecule has 5 heteroatoms. The Morgan fingerprint density at radius 3 is 2.69 bits per heavy atom. The summed E-state index contributed by atoms with van der Waals surface area (Å²) in [6.45, 7) is 2.65. The van der Waals surface area contributed by atoms with E-state index in [0.29, 0.717) is 6.54 Å². The summed E-state index contributed by atoms with van der Waals surface area (Å²) < 4.78 is 5.54. The summed E-state index contributed by atoms with van der Waals surface area (Å²) in [7, 11) is 1.69. The average Bonchev–Trinajstić information content (AvgIpc) is 3.22. The summed E-state index contributed by atoms with van der Waals surface area (Å²) in [6, 6.07) is 11.9. The summed E-state index contributed by atoms with van der Waals surface area (Å²) in [6.07, 6.45) is 9.18. The predicted molar refractivity (Wildman–Crippen MR) is 103 cm³/mol. The third-order valence-corrected chi connectivity index (χ3v) is 4.68. The Morgan fingerprint density at radius 2 is 1.96 bits per heavy atom. The first kappa shape index (κ1) is 18.1. The molecule has 1 N–H and O–H groups in total. The third-order valence-electron chi connectivity index (χ3n) is 4.68. The van der Waals surface area contributed by atoms with Gasteiger partial charge in [0.15, 0.2) is 0 Å². The van der Waals surface area contributed by atoms with Crippen LogP contribution in [-0.4, -0.2) is 42.5 Å². The molecule has 1 aliphatic rings. The molecule has 1 aliphatic heterocycles. The molecule has 26 heavy (non-hydrogen) atoms. The summed E-state index contributed by atoms with van der Waals surface area (Å²) in [4.78, 5) is 18.7. The predicted octanol–water partition coefficient (Wildman–Crippen LogP) is 3.06. The van der Waals surface area contributed by atoms with E-state index in [1.807, 2.05) is 30.3 Å². The third kappa shape index (κ3) is 4.70. The number of amides is 1. The summed E-state index contributed by atoms with van der Waals surface area (Å²) in [5.74, 6) is 0.770. The van der Waals surface area contributed by atoms with Gasteiger partial charge in [-0.2, -0.15) is 0 Å². The number of nitrogens with one attached hydrogen (secondary N) is 1. The molecule has 0 aliphatic carbocycles. The van der Waals surface area contributed by atoms with E-state index in [0.717, 1.165) is 30.0 Å². The van der Waals surface area contributed by atoms with E-state index >= 15 is 0 Å². The minimum Gasteiger partial charge on any atom is -0.496 e. The molecule has 0 radical (unpaired) electrons. The Bertz CT molecular complexity index is 740. The number of nitrogens with zero attached hydrogens (tertiary/aromatic N) is 2. The van der Waals surface area contributed by atoms with Crippen LogP contribution in [0.15, 0.2) is 54.9 Å². The van der Waals surface area contributed by atoms with Crippen LogP contribution < -0.4 is 10.1 Å². The van der Waals surface area contributed by atoms with Crippen molar-refractivity contribution in [3.63, 3.8) is 0 Å². The standard InChI is InChI=1S/C21H25N3O2/c1-26-20-7-3-2-6-18(20)19(24-14-4-5-15-24)16-23-21(25)9-8-17-10-12-22-13-11-17/h2-3,6-13,19H,4-5,14-16H2,1H3,(H,23,25)/b9-8+. The topological polar surface area (TPSA) is 54.5 Å². The van der Waals surface area contributed by atoms with Crippen LogP contribution in [0, 0.1) is 0 Å². The van der Waals surface area contributed by atoms with Crippen molar-refractivity contribution in [3.8, 4) is 5.75 Å². The van der Waals surface area contributed by atoms with Gasteiger partial charge >= 0.3 is 0 Å². The van der Waals surface area contributed by atoms with Crippen LogP contribution in [0.1, 0.15) is 30.0 Å². The molecule has 1 fully saturated rings. The Hall–Kier alpha value is -2.66. The van der Waals surface area contributed by atoms with E-state index in [4.69, 9.17) is 4.74 Å². The van der Waals surface area contributed by atoms with Gasteiger partial charge in [-0.3, -0.25) is 14.7 Å². The number of carbonyl (C=O) groups is 1. The van der Waals surface area contributed by atoms with Crippen molar-refractivity contribution in [1.82, 2.24) is 15.2 Å². The fourth-order valence-electron chi connectivity index (χ4n) is 3.33. The van der Waals surface area contributed by atoms with Crippen molar-refractivity contribution in [2.75, 3.05) is 26.7 Å². The quantitative estimate of drug-likeness (QED) is 0.779. The second-order valence-corrected chi connectivity index (χ2v) is 6.36. The van der Waals surface area contributed by atoms with Crippen molar-refractivity contribution >= 4 is 12.0 Å². The van der Waals surface area contributed by atoms with Gasteiger partial charge in [0.05, 0.1) is 13.2 Å². The van der Waals surface area contributed by atoms with Gasteiger partial charge < -0.3 is 10.1 Å². The van der Waals surface area contributed by atoms with Gasteiger partial charge in [-0.25, -0.2) is 0 Å². The first-order valence-corrected chi connectivity index (χ1v) is 9.01. The van der Waals surface area contributed by atoms with Gasteiger partial charge in [0.25, 0.3) is 0 Å². The fourth-order valence-corrected chi connectivity index (χ4v) is 3.33. The fraction of sp³-hybridized carbons (Fsp3) is 0.333. The Morgan fingerprint density at radius 1 is 1.23 bits per heavy atom. The first-order valence-electron chi connectivity index (χ1n) is 9.01. The normalized spacial score (nSPS) is 15.9. The zero-order valence-corrected chi connectivity index (χ0v) is 15.1. The highest BCUT2D eigenvalue weighted by Gasteiger charge is 2.25. The van der Waals surface area contributed by atoms with Crippen LogP contribution in [0.4, 0.5) is 0 Å². The number of methoxy groups -OCH3 is 1. The van der Waals surface area contributed by atoms with Crippen molar-refractivity contribution in [2.24, 2.45) is 0 Å². The number of hydrogen-bond acceptors (Lipinski definition) is 4. The molecule has 136 valence electrons. The molecule has 1 aromatic carbocycles. The first-order chi connectivity index (χ1) is 12.8. The molecular formula is C21H25N3O2. The zero-order valence-electron chi connectivity index (χ0n) is 15.1. The summed E-state index contributed by atoms with van der Waals surface area (Å²) >= 11 is 0. The number of likely N-dealkylation sites (tertiary alicyclic amines) is 1. The van der Waals surface area contributed by atoms with E-state index in [1.54, 1.807) is 31.7 Å². The van der Waals surface area contributed by atoms with E-state index < -0.39 is 0 Å². The maximum Gasteiger partial charge on any atom is 0.244 e. The zero-order chi connectivity index (χ0) is 18.2. The van der Waals surface area contributed by atoms with E-state index in [2.05, 4.69) is 21.3 Å². The number of ether oxygens (including phenoxy) is 1. The molecule has 1 aromatic heterocycles. The smallest absolute Gasteiger partial charge is 0.244 e. The monoisotopic (exact) mass is 351 g/mol. The Balaban J connectivity index is 1.68. The Kier molecular flexibility index (Phi) is 6.39. The number of rotatable bonds is 7. The van der Waals surface area contributed by atoms with Crippen LogP contribution in [0.5, 0.6) is 5.75 Å². The number of pyridine rings is 1. The Labute approximate surface area is 154 Å². The van der Waals surface area contributed by atoms with Crippen molar-refractivity contribution in [3.05, 3.63) is 66.0 Å². The molecule has 3 rings (SSSR count). The number of carbonyl (C=O) groups excluding carboxylic acids is 1. The highest BCUT2D eigenvalue weighted by atomic mass is 16.5. The summed E-state index contributed by atoms with van der Waals surface area (Å²) in [5.41, 5.74) is 2.08. The van der Waals surface area contributed by atoms with Crippen molar-refractivity contribution in [1.29, 1.82) is 0 Å². The minimum absolute atomic E-state index is 0.0964. The molecule has 1 amide bonds. The molecular weight excluding hydrogens is 326 g/mol. The molecule has 1 saturated heterocycles. The lowest BCUT2D eigenvalue weighted by Crippen LogP contribution is -2.36. The van der Waals surface area contributed by atoms with E-state index in [9.17, 15) is 4.79 Å². The highest BCUT2D eigenvalue weighted by Crippen LogP contribution is 2.31. The molecule has 0 saturated carbocycles. The number of benzene rings is 1. The van der Waals surface area contributed by atoms with Gasteiger partial charge in [-0.15, -0.1) is 0 Å². The lowest BCUT2D eigenvalue weighted by atomic mass is 10.0. The largest absolute Gasteiger partial charge is 0.496 e. The molecule has 1 unspecified atom stereocenters. The highest BCUT2D eigenvalue weighted by molar-refractivity contribution is 5.91. The lowest BCUT2D eigenvalue weighted by Gasteiger charge is -2.29. The van der Waals surface area contributed by atoms with Crippen LogP contribution in [0.25, 0.3) is 6.08 Å². The molecule has 2 aromatic rings. The second-order valence-electron chi connectivity index (χ2n) is 6.36. The van der Waals surface area contributed by atoms with E-state index in [1.165, 1.54) is 12.8 Å². The van der Waals surface area contributed by atoms with Gasteiger partial charge in [0.1, 0.15) is 5.75 Å². The lowest BCUT2D eigenvalue weighted by molar-refractivity contribution is -0.116. The number of aromatic nitrogens is 1. The number of hydrogen-bond donors (Lipinski definition) is 1. The molecule has 0 bridgehead atoms. The van der Waals surface area contributed by atoms with Gasteiger partial charge in [0.2, 0.25) is 5.91 Å². The number of para-hydroxylation sites is 1. The maximum atomic E-state index is 12.3. The van der Waals surface area contributed by atoms with Crippen LogP contribution in [-0.2, 0) is 4.79 Å².